The summed E-state index contributed by atoms with van der Waals surface area (Å²) in [5, 5.41) is 12.4. The molecule has 0 saturated heterocycles. The van der Waals surface area contributed by atoms with Crippen LogP contribution >= 0.6 is 0 Å². The fraction of sp³-hybridized carbons (Fsp3) is 0. The van der Waals surface area contributed by atoms with Crippen molar-refractivity contribution >= 4 is 11.4 Å². The van der Waals surface area contributed by atoms with Crippen LogP contribution in [0.3, 0.4) is 0 Å². The molecule has 0 aliphatic rings. The molecule has 2 aromatic carbocycles. The first-order chi connectivity index (χ1) is 7.36. The number of hydrazine groups is 1. The van der Waals surface area contributed by atoms with Gasteiger partial charge in [0.05, 0.1) is 5.69 Å². The Morgan fingerprint density at radius 3 is 1.93 bits per heavy atom. The summed E-state index contributed by atoms with van der Waals surface area (Å²) in [7, 11) is 0. The van der Waals surface area contributed by atoms with Gasteiger partial charge in [-0.05, 0) is 24.3 Å². The van der Waals surface area contributed by atoms with Crippen LogP contribution in [0.25, 0.3) is 0 Å². The monoisotopic (exact) mass is 199 g/mol. The van der Waals surface area contributed by atoms with Crippen LogP contribution in [0.2, 0.25) is 0 Å². The van der Waals surface area contributed by atoms with E-state index in [0.29, 0.717) is 5.69 Å². The first kappa shape index (κ1) is 9.55. The zero-order valence-electron chi connectivity index (χ0n) is 8.13. The zero-order chi connectivity index (χ0) is 10.5. The van der Waals surface area contributed by atoms with E-state index >= 15 is 0 Å². The summed E-state index contributed by atoms with van der Waals surface area (Å²) >= 11 is 0. The molecule has 15 heavy (non-hydrogen) atoms. The topological polar surface area (TPSA) is 38.3 Å². The quantitative estimate of drug-likeness (QED) is 0.772. The van der Waals surface area contributed by atoms with Crippen molar-refractivity contribution in [3.8, 4) is 0 Å². The summed E-state index contributed by atoms with van der Waals surface area (Å²) in [4.78, 5) is 0. The smallest absolute Gasteiger partial charge is 0.0533 e. The summed E-state index contributed by atoms with van der Waals surface area (Å²) in [6.07, 6.45) is 0. The molecule has 0 heterocycles. The van der Waals surface area contributed by atoms with Gasteiger partial charge < -0.3 is 15.8 Å². The van der Waals surface area contributed by atoms with Crippen molar-refractivity contribution in [1.29, 1.82) is 0 Å². The highest BCUT2D eigenvalue weighted by molar-refractivity contribution is 5.55. The van der Waals surface area contributed by atoms with Crippen LogP contribution in [-0.4, -0.2) is 0 Å². The molecule has 1 N–H and O–H groups in total. The van der Waals surface area contributed by atoms with E-state index < -0.39 is 0 Å². The molecule has 2 aromatic rings. The van der Waals surface area contributed by atoms with E-state index in [4.69, 9.17) is 0 Å². The number of rotatable bonds is 3. The third kappa shape index (κ3) is 2.48. The second-order valence-corrected chi connectivity index (χ2v) is 3.11. The van der Waals surface area contributed by atoms with Gasteiger partial charge in [0, 0.05) is 5.69 Å². The van der Waals surface area contributed by atoms with Gasteiger partial charge >= 0.3 is 0 Å². The molecular weight excluding hydrogens is 188 g/mol. The lowest BCUT2D eigenvalue weighted by molar-refractivity contribution is 1.17. The third-order valence-electron chi connectivity index (χ3n) is 2.00. The fourth-order valence-electron chi connectivity index (χ4n) is 1.26. The van der Waals surface area contributed by atoms with Crippen LogP contribution in [0.15, 0.2) is 60.7 Å². The van der Waals surface area contributed by atoms with E-state index in [2.05, 4.69) is 5.43 Å². The van der Waals surface area contributed by atoms with Gasteiger partial charge in [-0.3, -0.25) is 0 Å². The van der Waals surface area contributed by atoms with Crippen LogP contribution in [-0.2, 0) is 0 Å². The highest BCUT2D eigenvalue weighted by Gasteiger charge is 1.93. The largest absolute Gasteiger partial charge is 0.739 e. The van der Waals surface area contributed by atoms with Gasteiger partial charge in [-0.1, -0.05) is 36.4 Å². The van der Waals surface area contributed by atoms with Crippen molar-refractivity contribution in [3.63, 3.8) is 0 Å². The lowest BCUT2D eigenvalue weighted by atomic mass is 10.3. The van der Waals surface area contributed by atoms with E-state index in [1.807, 2.05) is 48.5 Å². The standard InChI is InChI=1S/C12H11N2O/c15-14(12-9-5-2-6-10-12)13-11-7-3-1-4-8-11/h1-10,13H/q-1. The second-order valence-electron chi connectivity index (χ2n) is 3.11. The maximum Gasteiger partial charge on any atom is 0.0533 e. The Bertz CT molecular complexity index is 402. The Labute approximate surface area is 88.5 Å². The van der Waals surface area contributed by atoms with Crippen LogP contribution in [0.5, 0.6) is 0 Å². The Balaban J connectivity index is 2.08. The second kappa shape index (κ2) is 4.48. The molecule has 0 spiro atoms. The van der Waals surface area contributed by atoms with Crippen molar-refractivity contribution in [2.75, 3.05) is 10.6 Å². The summed E-state index contributed by atoms with van der Waals surface area (Å²) in [5.41, 5.74) is 4.09. The highest BCUT2D eigenvalue weighted by Crippen LogP contribution is 2.14. The van der Waals surface area contributed by atoms with Gasteiger partial charge in [0.15, 0.2) is 0 Å². The average Bonchev–Trinajstić information content (AvgIpc) is 2.31. The predicted molar refractivity (Wildman–Crippen MR) is 62.4 cm³/mol. The number of benzene rings is 2. The maximum absolute atomic E-state index is 11.6. The van der Waals surface area contributed by atoms with Crippen molar-refractivity contribution < 1.29 is 0 Å². The van der Waals surface area contributed by atoms with E-state index in [0.717, 1.165) is 10.9 Å². The number of hydrogen-bond donors (Lipinski definition) is 1. The van der Waals surface area contributed by atoms with Crippen LogP contribution < -0.4 is 10.6 Å². The maximum atomic E-state index is 11.6. The molecule has 0 atom stereocenters. The normalized spacial score (nSPS) is 9.67. The van der Waals surface area contributed by atoms with Crippen LogP contribution in [0.4, 0.5) is 11.4 Å². The molecule has 76 valence electrons. The molecule has 2 rings (SSSR count). The molecule has 0 amide bonds. The van der Waals surface area contributed by atoms with Crippen LogP contribution in [0.1, 0.15) is 0 Å². The summed E-state index contributed by atoms with van der Waals surface area (Å²) in [6.45, 7) is 0. The zero-order valence-corrected chi connectivity index (χ0v) is 8.13. The lowest BCUT2D eigenvalue weighted by Crippen LogP contribution is -2.22. The van der Waals surface area contributed by atoms with Crippen LogP contribution in [0, 0.1) is 5.21 Å². The van der Waals surface area contributed by atoms with Gasteiger partial charge in [0.1, 0.15) is 0 Å². The molecule has 0 fully saturated rings. The van der Waals surface area contributed by atoms with Gasteiger partial charge in [0.25, 0.3) is 0 Å². The Hall–Kier alpha value is -2.00. The van der Waals surface area contributed by atoms with Gasteiger partial charge in [-0.15, -0.1) is 0 Å². The number of nitrogens with one attached hydrogen (secondary N) is 1. The first-order valence-electron chi connectivity index (χ1n) is 4.70. The molecule has 0 aromatic heterocycles. The van der Waals surface area contributed by atoms with E-state index in [1.54, 1.807) is 12.1 Å². The average molecular weight is 199 g/mol. The molecule has 3 nitrogen and oxygen atoms in total. The highest BCUT2D eigenvalue weighted by atomic mass is 16.5. The van der Waals surface area contributed by atoms with Gasteiger partial charge in [-0.25, -0.2) is 0 Å². The molecule has 3 heteroatoms. The Morgan fingerprint density at radius 1 is 0.800 bits per heavy atom. The number of para-hydroxylation sites is 2. The number of hydrogen-bond acceptors (Lipinski definition) is 3. The van der Waals surface area contributed by atoms with Crippen molar-refractivity contribution in [3.05, 3.63) is 65.9 Å². The van der Waals surface area contributed by atoms with Gasteiger partial charge in [0.2, 0.25) is 0 Å². The minimum absolute atomic E-state index is 0.585. The molecule has 0 aliphatic carbocycles. The van der Waals surface area contributed by atoms with Crippen molar-refractivity contribution in [2.45, 2.75) is 0 Å². The number of anilines is 2. The third-order valence-corrected chi connectivity index (χ3v) is 2.00. The van der Waals surface area contributed by atoms with Crippen molar-refractivity contribution in [1.82, 2.24) is 0 Å². The fourth-order valence-corrected chi connectivity index (χ4v) is 1.26. The number of nitrogens with zero attached hydrogens (tertiary/aromatic N) is 1. The lowest BCUT2D eigenvalue weighted by Gasteiger charge is -2.31. The Morgan fingerprint density at radius 2 is 1.33 bits per heavy atom. The van der Waals surface area contributed by atoms with Gasteiger partial charge in [-0.2, -0.15) is 0 Å². The Kier molecular flexibility index (Phi) is 2.85. The van der Waals surface area contributed by atoms with E-state index in [9.17, 15) is 5.21 Å². The predicted octanol–water partition coefficient (Wildman–Crippen LogP) is 3.02. The SMILES string of the molecule is [O-]N(Nc1ccccc1)c1ccccc1. The summed E-state index contributed by atoms with van der Waals surface area (Å²) < 4.78 is 0. The summed E-state index contributed by atoms with van der Waals surface area (Å²) in [5.74, 6) is 0. The molecule has 0 unspecified atom stereocenters. The molecule has 0 radical (unpaired) electrons. The first-order valence-corrected chi connectivity index (χ1v) is 4.70. The van der Waals surface area contributed by atoms with E-state index in [-0.39, 0.29) is 0 Å². The van der Waals surface area contributed by atoms with Crippen molar-refractivity contribution in [2.24, 2.45) is 0 Å². The molecule has 0 bridgehead atoms. The summed E-state index contributed by atoms with van der Waals surface area (Å²) in [6, 6.07) is 18.4. The minimum atomic E-state index is 0.585. The minimum Gasteiger partial charge on any atom is -0.739 e. The molecule has 0 aliphatic heterocycles. The molecule has 0 saturated carbocycles. The van der Waals surface area contributed by atoms with E-state index in [1.165, 1.54) is 0 Å². The molecular formula is C12H11N2O-.